The van der Waals surface area contributed by atoms with Gasteiger partial charge in [-0.1, -0.05) is 12.1 Å². The van der Waals surface area contributed by atoms with Crippen LogP contribution in [0.5, 0.6) is 0 Å². The summed E-state index contributed by atoms with van der Waals surface area (Å²) in [5, 5.41) is 2.86. The van der Waals surface area contributed by atoms with Gasteiger partial charge >= 0.3 is 0 Å². The van der Waals surface area contributed by atoms with Crippen LogP contribution in [0.15, 0.2) is 24.3 Å². The number of anilines is 2. The second kappa shape index (κ2) is 4.12. The normalized spacial score (nSPS) is 23.1. The van der Waals surface area contributed by atoms with Crippen molar-refractivity contribution in [3.05, 3.63) is 24.3 Å². The lowest BCUT2D eigenvalue weighted by atomic mass is 10.1. The first-order valence-corrected chi connectivity index (χ1v) is 6.39. The summed E-state index contributed by atoms with van der Waals surface area (Å²) in [6.07, 6.45) is 2.31. The van der Waals surface area contributed by atoms with E-state index < -0.39 is 0 Å². The summed E-state index contributed by atoms with van der Waals surface area (Å²) in [5.74, 6) is 0.293. The Morgan fingerprint density at radius 1 is 1.33 bits per heavy atom. The van der Waals surface area contributed by atoms with Crippen LogP contribution in [0, 0.1) is 5.92 Å². The van der Waals surface area contributed by atoms with Crippen molar-refractivity contribution in [3.8, 4) is 0 Å². The van der Waals surface area contributed by atoms with Gasteiger partial charge in [-0.05, 0) is 31.9 Å². The highest BCUT2D eigenvalue weighted by atomic mass is 16.2. The zero-order chi connectivity index (χ0) is 12.7. The molecule has 1 aromatic carbocycles. The summed E-state index contributed by atoms with van der Waals surface area (Å²) in [6, 6.07) is 7.43. The van der Waals surface area contributed by atoms with E-state index in [4.69, 9.17) is 0 Å². The number of rotatable bonds is 1. The van der Waals surface area contributed by atoms with Crippen LogP contribution in [0.25, 0.3) is 0 Å². The maximum absolute atomic E-state index is 12.4. The average Bonchev–Trinajstić information content (AvgIpc) is 3.14. The molecule has 1 saturated carbocycles. The zero-order valence-electron chi connectivity index (χ0n) is 10.3. The number of hydrogen-bond donors (Lipinski definition) is 1. The Hall–Kier alpha value is -1.84. The molecule has 0 unspecified atom stereocenters. The van der Waals surface area contributed by atoms with E-state index in [9.17, 15) is 9.59 Å². The summed E-state index contributed by atoms with van der Waals surface area (Å²) >= 11 is 0. The molecule has 1 heterocycles. The Kier molecular flexibility index (Phi) is 2.58. The van der Waals surface area contributed by atoms with E-state index in [1.165, 1.54) is 0 Å². The molecule has 3 rings (SSSR count). The van der Waals surface area contributed by atoms with Gasteiger partial charge in [0.25, 0.3) is 0 Å². The highest BCUT2D eigenvalue weighted by molar-refractivity contribution is 6.05. The molecular weight excluding hydrogens is 228 g/mol. The molecule has 94 valence electrons. The summed E-state index contributed by atoms with van der Waals surface area (Å²) in [7, 11) is 0. The number of nitrogens with zero attached hydrogens (tertiary/aromatic N) is 1. The van der Waals surface area contributed by atoms with Crippen LogP contribution in [0.1, 0.15) is 26.2 Å². The molecule has 0 saturated heterocycles. The summed E-state index contributed by atoms with van der Waals surface area (Å²) < 4.78 is 0. The van der Waals surface area contributed by atoms with Gasteiger partial charge in [0.05, 0.1) is 11.4 Å². The number of benzene rings is 1. The monoisotopic (exact) mass is 244 g/mol. The largest absolute Gasteiger partial charge is 0.324 e. The quantitative estimate of drug-likeness (QED) is 0.823. The second-order valence-corrected chi connectivity index (χ2v) is 5.10. The van der Waals surface area contributed by atoms with Crippen molar-refractivity contribution in [2.24, 2.45) is 5.92 Å². The third-order valence-corrected chi connectivity index (χ3v) is 3.52. The molecule has 0 spiro atoms. The predicted molar refractivity (Wildman–Crippen MR) is 69.4 cm³/mol. The van der Waals surface area contributed by atoms with E-state index in [1.54, 1.807) is 4.90 Å². The van der Waals surface area contributed by atoms with E-state index in [-0.39, 0.29) is 23.8 Å². The lowest BCUT2D eigenvalue weighted by Crippen LogP contribution is -2.40. The van der Waals surface area contributed by atoms with Crippen LogP contribution in [0.2, 0.25) is 0 Å². The molecule has 1 N–H and O–H groups in total. The SMILES string of the molecule is C[C@H]1CC(=O)Nc2ccccc2N1C(=O)C1CC1. The van der Waals surface area contributed by atoms with E-state index in [2.05, 4.69) is 5.32 Å². The maximum Gasteiger partial charge on any atom is 0.230 e. The van der Waals surface area contributed by atoms with Crippen LogP contribution in [-0.4, -0.2) is 17.9 Å². The number of amides is 2. The standard InChI is InChI=1S/C14H16N2O2/c1-9-8-13(17)15-11-4-2-3-5-12(11)16(9)14(18)10-6-7-10/h2-5,9-10H,6-8H2,1H3,(H,15,17)/t9-/m0/s1. The molecule has 1 atom stereocenters. The average molecular weight is 244 g/mol. The Morgan fingerprint density at radius 3 is 2.78 bits per heavy atom. The number of para-hydroxylation sites is 2. The van der Waals surface area contributed by atoms with E-state index in [0.717, 1.165) is 24.2 Å². The number of hydrogen-bond acceptors (Lipinski definition) is 2. The van der Waals surface area contributed by atoms with Gasteiger partial charge in [-0.15, -0.1) is 0 Å². The molecule has 0 bridgehead atoms. The van der Waals surface area contributed by atoms with Gasteiger partial charge in [-0.25, -0.2) is 0 Å². The van der Waals surface area contributed by atoms with Crippen molar-refractivity contribution in [2.75, 3.05) is 10.2 Å². The van der Waals surface area contributed by atoms with Crippen LogP contribution < -0.4 is 10.2 Å². The van der Waals surface area contributed by atoms with Crippen LogP contribution in [0.4, 0.5) is 11.4 Å². The molecule has 4 heteroatoms. The Labute approximate surface area is 106 Å². The van der Waals surface area contributed by atoms with Gasteiger partial charge in [0, 0.05) is 18.4 Å². The zero-order valence-corrected chi connectivity index (χ0v) is 10.3. The number of carbonyl (C=O) groups is 2. The van der Waals surface area contributed by atoms with Crippen molar-refractivity contribution < 1.29 is 9.59 Å². The molecule has 4 nitrogen and oxygen atoms in total. The van der Waals surface area contributed by atoms with Crippen molar-refractivity contribution in [1.82, 2.24) is 0 Å². The van der Waals surface area contributed by atoms with Gasteiger partial charge in [0.15, 0.2) is 0 Å². The molecule has 0 radical (unpaired) electrons. The predicted octanol–water partition coefficient (Wildman–Crippen LogP) is 2.16. The molecule has 0 aromatic heterocycles. The Bertz CT molecular complexity index is 508. The first-order chi connectivity index (χ1) is 8.66. The summed E-state index contributed by atoms with van der Waals surface area (Å²) in [5.41, 5.74) is 1.56. The molecule has 1 aliphatic heterocycles. The van der Waals surface area contributed by atoms with E-state index in [0.29, 0.717) is 6.42 Å². The first-order valence-electron chi connectivity index (χ1n) is 6.39. The minimum absolute atomic E-state index is 0.0268. The highest BCUT2D eigenvalue weighted by Crippen LogP contribution is 2.37. The van der Waals surface area contributed by atoms with Crippen molar-refractivity contribution in [2.45, 2.75) is 32.2 Å². The minimum Gasteiger partial charge on any atom is -0.324 e. The third kappa shape index (κ3) is 1.88. The fourth-order valence-corrected chi connectivity index (χ4v) is 2.45. The number of nitrogens with one attached hydrogen (secondary N) is 1. The van der Waals surface area contributed by atoms with Crippen LogP contribution in [-0.2, 0) is 9.59 Å². The lowest BCUT2D eigenvalue weighted by molar-refractivity contribution is -0.120. The van der Waals surface area contributed by atoms with E-state index >= 15 is 0 Å². The number of fused-ring (bicyclic) bond motifs is 1. The third-order valence-electron chi connectivity index (χ3n) is 3.52. The Morgan fingerprint density at radius 2 is 2.06 bits per heavy atom. The molecule has 1 fully saturated rings. The summed E-state index contributed by atoms with van der Waals surface area (Å²) in [4.78, 5) is 25.9. The smallest absolute Gasteiger partial charge is 0.230 e. The first kappa shape index (κ1) is 11.3. The lowest BCUT2D eigenvalue weighted by Gasteiger charge is -2.27. The molecule has 2 aliphatic rings. The number of carbonyl (C=O) groups excluding carboxylic acids is 2. The highest BCUT2D eigenvalue weighted by Gasteiger charge is 2.38. The topological polar surface area (TPSA) is 49.4 Å². The minimum atomic E-state index is -0.0817. The van der Waals surface area contributed by atoms with Crippen molar-refractivity contribution in [1.29, 1.82) is 0 Å². The van der Waals surface area contributed by atoms with Crippen molar-refractivity contribution in [3.63, 3.8) is 0 Å². The van der Waals surface area contributed by atoms with Crippen molar-refractivity contribution >= 4 is 23.2 Å². The van der Waals surface area contributed by atoms with Gasteiger partial charge in [0.1, 0.15) is 0 Å². The van der Waals surface area contributed by atoms with Crippen LogP contribution >= 0.6 is 0 Å². The van der Waals surface area contributed by atoms with Gasteiger partial charge < -0.3 is 10.2 Å². The van der Waals surface area contributed by atoms with Gasteiger partial charge in [0.2, 0.25) is 11.8 Å². The molecule has 18 heavy (non-hydrogen) atoms. The Balaban J connectivity index is 2.04. The maximum atomic E-state index is 12.4. The molecular formula is C14H16N2O2. The summed E-state index contributed by atoms with van der Waals surface area (Å²) in [6.45, 7) is 1.93. The fourth-order valence-electron chi connectivity index (χ4n) is 2.45. The molecule has 1 aliphatic carbocycles. The second-order valence-electron chi connectivity index (χ2n) is 5.10. The van der Waals surface area contributed by atoms with Gasteiger partial charge in [-0.3, -0.25) is 9.59 Å². The van der Waals surface area contributed by atoms with E-state index in [1.807, 2.05) is 31.2 Å². The molecule has 2 amide bonds. The molecule has 1 aromatic rings. The van der Waals surface area contributed by atoms with Gasteiger partial charge in [-0.2, -0.15) is 0 Å². The fraction of sp³-hybridized carbons (Fsp3) is 0.429. The van der Waals surface area contributed by atoms with Crippen LogP contribution in [0.3, 0.4) is 0 Å².